The highest BCUT2D eigenvalue weighted by Gasteiger charge is 2.54. The molecular formula is C19H20Br2N2O2S. The van der Waals surface area contributed by atoms with Gasteiger partial charge in [-0.3, -0.25) is 4.58 Å². The van der Waals surface area contributed by atoms with Crippen LogP contribution in [0.2, 0.25) is 0 Å². The summed E-state index contributed by atoms with van der Waals surface area (Å²) in [6, 6.07) is 15.9. The van der Waals surface area contributed by atoms with Gasteiger partial charge >= 0.3 is 0 Å². The van der Waals surface area contributed by atoms with E-state index in [0.29, 0.717) is 6.54 Å². The van der Waals surface area contributed by atoms with Gasteiger partial charge in [0.2, 0.25) is 0 Å². The number of anilines is 1. The number of nitrogens with zero attached hydrogens (tertiary/aromatic N) is 2. The number of rotatable bonds is 3. The van der Waals surface area contributed by atoms with Gasteiger partial charge < -0.3 is 26.8 Å². The fourth-order valence-corrected chi connectivity index (χ4v) is 4.77. The second-order valence-corrected chi connectivity index (χ2v) is 8.27. The van der Waals surface area contributed by atoms with Gasteiger partial charge in [-0.05, 0) is 48.5 Å². The molecule has 0 saturated heterocycles. The van der Waals surface area contributed by atoms with E-state index in [0.717, 1.165) is 39.5 Å². The lowest BCUT2D eigenvalue weighted by molar-refractivity contribution is -0.530. The van der Waals surface area contributed by atoms with Crippen LogP contribution < -0.4 is 26.6 Å². The number of halogens is 2. The van der Waals surface area contributed by atoms with Gasteiger partial charge in [-0.2, -0.15) is 4.90 Å². The molecule has 2 aromatic rings. The van der Waals surface area contributed by atoms with Crippen molar-refractivity contribution in [2.75, 3.05) is 36.6 Å². The molecule has 0 amide bonds. The van der Waals surface area contributed by atoms with Crippen molar-refractivity contribution in [3.63, 3.8) is 0 Å². The number of amidine groups is 1. The normalized spacial score (nSPS) is 22.0. The van der Waals surface area contributed by atoms with Crippen molar-refractivity contribution >= 4 is 39.2 Å². The van der Waals surface area contributed by atoms with E-state index in [1.165, 1.54) is 5.84 Å². The molecule has 0 aliphatic carbocycles. The molecule has 0 aromatic heterocycles. The summed E-state index contributed by atoms with van der Waals surface area (Å²) in [6.45, 7) is 1.54. The predicted octanol–water partition coefficient (Wildman–Crippen LogP) is 0.285. The number of aliphatic hydroxyl groups is 1. The molecule has 0 bridgehead atoms. The molecule has 0 radical (unpaired) electrons. The summed E-state index contributed by atoms with van der Waals surface area (Å²) in [5.41, 5.74) is 0.796. The maximum atomic E-state index is 11.7. The summed E-state index contributed by atoms with van der Waals surface area (Å²) < 4.78 is 8.60. The molecule has 2 aromatic carbocycles. The molecular weight excluding hydrogens is 480 g/mol. The summed E-state index contributed by atoms with van der Waals surface area (Å²) in [5, 5.41) is 11.7. The van der Waals surface area contributed by atoms with Crippen molar-refractivity contribution in [2.45, 2.75) is 5.72 Å². The van der Waals surface area contributed by atoms with E-state index < -0.39 is 5.72 Å². The van der Waals surface area contributed by atoms with Crippen LogP contribution in [0.5, 0.6) is 5.75 Å². The lowest BCUT2D eigenvalue weighted by Gasteiger charge is -2.29. The van der Waals surface area contributed by atoms with Gasteiger partial charge in [-0.15, -0.1) is 11.8 Å². The minimum atomic E-state index is -1.08. The second-order valence-electron chi connectivity index (χ2n) is 6.25. The van der Waals surface area contributed by atoms with E-state index in [2.05, 4.69) is 25.4 Å². The zero-order valence-corrected chi connectivity index (χ0v) is 18.3. The molecule has 0 spiro atoms. The lowest BCUT2D eigenvalue weighted by Crippen LogP contribution is -3.00. The zero-order chi connectivity index (χ0) is 17.4. The fraction of sp³-hybridized carbons (Fsp3) is 0.316. The van der Waals surface area contributed by atoms with Gasteiger partial charge in [0, 0.05) is 15.8 Å². The molecule has 2 heterocycles. The molecule has 4 rings (SSSR count). The van der Waals surface area contributed by atoms with Gasteiger partial charge in [0.25, 0.3) is 11.6 Å². The van der Waals surface area contributed by atoms with Crippen LogP contribution in [0.3, 0.4) is 0 Å². The van der Waals surface area contributed by atoms with Crippen molar-refractivity contribution < 1.29 is 31.4 Å². The van der Waals surface area contributed by atoms with Crippen molar-refractivity contribution in [3.05, 3.63) is 58.6 Å². The van der Waals surface area contributed by atoms with E-state index in [4.69, 9.17) is 4.74 Å². The van der Waals surface area contributed by atoms with Crippen LogP contribution in [0, 0.1) is 0 Å². The highest BCUT2D eigenvalue weighted by Crippen LogP contribution is 2.38. The third-order valence-corrected chi connectivity index (χ3v) is 6.24. The average Bonchev–Trinajstić information content (AvgIpc) is 2.96. The van der Waals surface area contributed by atoms with Gasteiger partial charge in [-0.1, -0.05) is 15.9 Å². The van der Waals surface area contributed by atoms with Crippen LogP contribution in [0.4, 0.5) is 5.69 Å². The summed E-state index contributed by atoms with van der Waals surface area (Å²) in [7, 11) is 1.65. The standard InChI is InChI=1S/C19H20BrN2O2S.BrH/c1-24-17-8-2-14(3-9-17)19(23)13-21-10-11-25-12-18(21)22(19)16-6-4-15(20)5-7-16;/h2-9,23H,10-13H2,1H3;1H/q+1;/p-1. The van der Waals surface area contributed by atoms with Crippen LogP contribution >= 0.6 is 27.7 Å². The molecule has 138 valence electrons. The van der Waals surface area contributed by atoms with Gasteiger partial charge in [0.05, 0.1) is 19.4 Å². The van der Waals surface area contributed by atoms with Crippen LogP contribution in [0.1, 0.15) is 5.56 Å². The molecule has 4 nitrogen and oxygen atoms in total. The smallest absolute Gasteiger partial charge is 0.275 e. The van der Waals surface area contributed by atoms with E-state index in [1.54, 1.807) is 7.11 Å². The number of methoxy groups -OCH3 is 1. The topological polar surface area (TPSA) is 35.7 Å². The van der Waals surface area contributed by atoms with Crippen molar-refractivity contribution in [3.8, 4) is 5.75 Å². The number of hydrogen-bond donors (Lipinski definition) is 1. The number of thioether (sulfide) groups is 1. The minimum Gasteiger partial charge on any atom is -1.00 e. The molecule has 2 aliphatic rings. The van der Waals surface area contributed by atoms with E-state index in [-0.39, 0.29) is 17.0 Å². The van der Waals surface area contributed by atoms with Crippen molar-refractivity contribution in [1.82, 2.24) is 0 Å². The number of hydrogen-bond acceptors (Lipinski definition) is 4. The van der Waals surface area contributed by atoms with E-state index in [1.807, 2.05) is 60.3 Å². The quantitative estimate of drug-likeness (QED) is 0.615. The van der Waals surface area contributed by atoms with E-state index >= 15 is 0 Å². The third kappa shape index (κ3) is 3.42. The Kier molecular flexibility index (Phi) is 6.01. The van der Waals surface area contributed by atoms with Crippen LogP contribution in [-0.4, -0.2) is 47.2 Å². The first-order valence-corrected chi connectivity index (χ1v) is 10.2. The maximum Gasteiger partial charge on any atom is 0.275 e. The monoisotopic (exact) mass is 498 g/mol. The largest absolute Gasteiger partial charge is 1.00 e. The zero-order valence-electron chi connectivity index (χ0n) is 14.4. The summed E-state index contributed by atoms with van der Waals surface area (Å²) in [6.07, 6.45) is 0. The number of benzene rings is 2. The highest BCUT2D eigenvalue weighted by molar-refractivity contribution is 9.10. The molecule has 1 unspecified atom stereocenters. The lowest BCUT2D eigenvalue weighted by atomic mass is 10.0. The predicted molar refractivity (Wildman–Crippen MR) is 106 cm³/mol. The highest BCUT2D eigenvalue weighted by atomic mass is 79.9. The first-order chi connectivity index (χ1) is 12.1. The summed E-state index contributed by atoms with van der Waals surface area (Å²) in [4.78, 5) is 2.09. The SMILES string of the molecule is COc1ccc(C2(O)C[N+]3=C(CSCC3)N2c2ccc(Br)cc2)cc1.[Br-]. The molecule has 7 heteroatoms. The third-order valence-electron chi connectivity index (χ3n) is 4.78. The summed E-state index contributed by atoms with van der Waals surface area (Å²) >= 11 is 5.41. The average molecular weight is 500 g/mol. The van der Waals surface area contributed by atoms with E-state index in [9.17, 15) is 5.11 Å². The number of ether oxygens (including phenoxy) is 1. The van der Waals surface area contributed by atoms with Gasteiger partial charge in [0.15, 0.2) is 6.54 Å². The minimum absolute atomic E-state index is 0. The molecule has 1 atom stereocenters. The first kappa shape index (κ1) is 19.7. The molecule has 0 saturated carbocycles. The van der Waals surface area contributed by atoms with Crippen LogP contribution in [-0.2, 0) is 5.72 Å². The molecule has 0 fully saturated rings. The Bertz CT molecular complexity index is 811. The van der Waals surface area contributed by atoms with Gasteiger partial charge in [0.1, 0.15) is 11.4 Å². The Labute approximate surface area is 176 Å². The molecule has 2 aliphatic heterocycles. The van der Waals surface area contributed by atoms with Crippen molar-refractivity contribution in [2.24, 2.45) is 0 Å². The van der Waals surface area contributed by atoms with Gasteiger partial charge in [-0.25, -0.2) is 0 Å². The van der Waals surface area contributed by atoms with Crippen LogP contribution in [0.25, 0.3) is 0 Å². The molecule has 1 N–H and O–H groups in total. The first-order valence-electron chi connectivity index (χ1n) is 8.23. The maximum absolute atomic E-state index is 11.7. The second kappa shape index (κ2) is 7.92. The Morgan fingerprint density at radius 2 is 1.85 bits per heavy atom. The van der Waals surface area contributed by atoms with Crippen molar-refractivity contribution in [1.29, 1.82) is 0 Å². The Morgan fingerprint density at radius 1 is 1.15 bits per heavy atom. The Hall–Kier alpha value is -1.02. The Morgan fingerprint density at radius 3 is 2.50 bits per heavy atom. The Balaban J connectivity index is 0.00000196. The van der Waals surface area contributed by atoms with Crippen LogP contribution in [0.15, 0.2) is 53.0 Å². The fourth-order valence-electron chi connectivity index (χ4n) is 3.52. The summed E-state index contributed by atoms with van der Waals surface area (Å²) in [5.74, 6) is 3.98. The molecule has 26 heavy (non-hydrogen) atoms.